The van der Waals surface area contributed by atoms with Crippen LogP contribution in [0.15, 0.2) is 53.5 Å². The van der Waals surface area contributed by atoms with Crippen LogP contribution in [0.25, 0.3) is 16.8 Å². The van der Waals surface area contributed by atoms with Gasteiger partial charge in [-0.25, -0.2) is 9.50 Å². The lowest BCUT2D eigenvalue weighted by Crippen LogP contribution is -2.12. The first-order valence-corrected chi connectivity index (χ1v) is 7.75. The Labute approximate surface area is 143 Å². The number of nitrogens with one attached hydrogen (secondary N) is 1. The SMILES string of the molecule is Cc1cc(C)n2ncc(C(=O)Nc3ccc(-c4cnoc4)cc3)c2n1. The van der Waals surface area contributed by atoms with E-state index in [2.05, 4.69) is 20.6 Å². The molecule has 0 aliphatic rings. The molecule has 0 aliphatic heterocycles. The summed E-state index contributed by atoms with van der Waals surface area (Å²) >= 11 is 0. The van der Waals surface area contributed by atoms with E-state index in [4.69, 9.17) is 4.52 Å². The molecule has 0 aliphatic carbocycles. The third-order valence-electron chi connectivity index (χ3n) is 3.93. The Morgan fingerprint density at radius 2 is 1.92 bits per heavy atom. The van der Waals surface area contributed by atoms with E-state index in [1.165, 1.54) is 6.20 Å². The second-order valence-electron chi connectivity index (χ2n) is 5.78. The number of hydrogen-bond acceptors (Lipinski definition) is 5. The van der Waals surface area contributed by atoms with Crippen LogP contribution < -0.4 is 5.32 Å². The van der Waals surface area contributed by atoms with Crippen LogP contribution in [0.5, 0.6) is 0 Å². The highest BCUT2D eigenvalue weighted by Gasteiger charge is 2.15. The zero-order valence-corrected chi connectivity index (χ0v) is 13.7. The zero-order chi connectivity index (χ0) is 17.4. The number of aryl methyl sites for hydroxylation is 2. The lowest BCUT2D eigenvalue weighted by molar-refractivity contribution is 0.102. The quantitative estimate of drug-likeness (QED) is 0.622. The highest BCUT2D eigenvalue weighted by atomic mass is 16.5. The molecule has 7 heteroatoms. The normalized spacial score (nSPS) is 11.0. The van der Waals surface area contributed by atoms with Crippen molar-refractivity contribution in [1.29, 1.82) is 0 Å². The van der Waals surface area contributed by atoms with Gasteiger partial charge in [0.2, 0.25) is 0 Å². The Bertz CT molecular complexity index is 1050. The Balaban J connectivity index is 1.60. The summed E-state index contributed by atoms with van der Waals surface area (Å²) < 4.78 is 6.50. The van der Waals surface area contributed by atoms with Crippen LogP contribution in [0.2, 0.25) is 0 Å². The van der Waals surface area contributed by atoms with Crippen LogP contribution in [0.3, 0.4) is 0 Å². The van der Waals surface area contributed by atoms with E-state index >= 15 is 0 Å². The molecule has 0 bridgehead atoms. The Hall–Kier alpha value is -3.48. The largest absolute Gasteiger partial charge is 0.364 e. The molecule has 25 heavy (non-hydrogen) atoms. The van der Waals surface area contributed by atoms with Crippen molar-refractivity contribution >= 4 is 17.2 Å². The molecule has 3 aromatic heterocycles. The predicted octanol–water partition coefficient (Wildman–Crippen LogP) is 3.25. The fourth-order valence-corrected chi connectivity index (χ4v) is 2.72. The maximum atomic E-state index is 12.6. The van der Waals surface area contributed by atoms with Gasteiger partial charge in [-0.05, 0) is 37.6 Å². The van der Waals surface area contributed by atoms with Crippen LogP contribution in [0.1, 0.15) is 21.7 Å². The van der Waals surface area contributed by atoms with Crippen molar-refractivity contribution < 1.29 is 9.32 Å². The summed E-state index contributed by atoms with van der Waals surface area (Å²) in [6, 6.07) is 9.37. The molecule has 0 radical (unpaired) electrons. The van der Waals surface area contributed by atoms with E-state index in [1.54, 1.807) is 17.0 Å². The molecule has 4 aromatic rings. The van der Waals surface area contributed by atoms with Crippen LogP contribution in [-0.4, -0.2) is 25.7 Å². The van der Waals surface area contributed by atoms with Gasteiger partial charge in [0.25, 0.3) is 5.91 Å². The number of amides is 1. The van der Waals surface area contributed by atoms with E-state index in [0.717, 1.165) is 22.5 Å². The Morgan fingerprint density at radius 3 is 2.64 bits per heavy atom. The summed E-state index contributed by atoms with van der Waals surface area (Å²) in [5.41, 5.74) is 5.30. The van der Waals surface area contributed by atoms with Crippen LogP contribution in [0.4, 0.5) is 5.69 Å². The van der Waals surface area contributed by atoms with Gasteiger partial charge >= 0.3 is 0 Å². The van der Waals surface area contributed by atoms with E-state index in [1.807, 2.05) is 44.2 Å². The highest BCUT2D eigenvalue weighted by molar-refractivity contribution is 6.08. The number of fused-ring (bicyclic) bond motifs is 1. The highest BCUT2D eigenvalue weighted by Crippen LogP contribution is 2.21. The molecule has 1 aromatic carbocycles. The second kappa shape index (κ2) is 5.86. The van der Waals surface area contributed by atoms with E-state index < -0.39 is 0 Å². The van der Waals surface area contributed by atoms with Gasteiger partial charge in [0, 0.05) is 22.6 Å². The number of aromatic nitrogens is 4. The molecule has 0 spiro atoms. The molecular formula is C18H15N5O2. The molecule has 3 heterocycles. The number of hydrogen-bond donors (Lipinski definition) is 1. The predicted molar refractivity (Wildman–Crippen MR) is 92.4 cm³/mol. The third-order valence-corrected chi connectivity index (χ3v) is 3.93. The Kier molecular flexibility index (Phi) is 3.53. The van der Waals surface area contributed by atoms with Gasteiger partial charge in [-0.1, -0.05) is 17.3 Å². The van der Waals surface area contributed by atoms with Gasteiger partial charge in [-0.3, -0.25) is 4.79 Å². The minimum Gasteiger partial charge on any atom is -0.364 e. The van der Waals surface area contributed by atoms with Gasteiger partial charge in [0.05, 0.1) is 12.4 Å². The molecule has 1 amide bonds. The fraction of sp³-hybridized carbons (Fsp3) is 0.111. The van der Waals surface area contributed by atoms with Crippen LogP contribution in [0, 0.1) is 13.8 Å². The van der Waals surface area contributed by atoms with Crippen molar-refractivity contribution in [3.8, 4) is 11.1 Å². The summed E-state index contributed by atoms with van der Waals surface area (Å²) in [6.07, 6.45) is 4.75. The molecule has 4 rings (SSSR count). The lowest BCUT2D eigenvalue weighted by atomic mass is 10.1. The number of carbonyl (C=O) groups excluding carboxylic acids is 1. The molecular weight excluding hydrogens is 318 g/mol. The smallest absolute Gasteiger partial charge is 0.261 e. The van der Waals surface area contributed by atoms with Crippen molar-refractivity contribution in [2.45, 2.75) is 13.8 Å². The standard InChI is InChI=1S/C18H15N5O2/c1-11-7-12(2)23-17(21-11)16(9-19-23)18(24)22-15-5-3-13(4-6-15)14-8-20-25-10-14/h3-10H,1-2H3,(H,22,24). The summed E-state index contributed by atoms with van der Waals surface area (Å²) in [6.45, 7) is 3.82. The first-order valence-electron chi connectivity index (χ1n) is 7.75. The maximum Gasteiger partial charge on any atom is 0.261 e. The first-order chi connectivity index (χ1) is 12.1. The maximum absolute atomic E-state index is 12.6. The van der Waals surface area contributed by atoms with Crippen LogP contribution >= 0.6 is 0 Å². The minimum absolute atomic E-state index is 0.245. The molecule has 124 valence electrons. The molecule has 0 saturated carbocycles. The second-order valence-corrected chi connectivity index (χ2v) is 5.78. The number of carbonyl (C=O) groups is 1. The summed E-state index contributed by atoms with van der Waals surface area (Å²) in [4.78, 5) is 17.0. The van der Waals surface area contributed by atoms with Crippen molar-refractivity contribution in [2.24, 2.45) is 0 Å². The number of anilines is 1. The van der Waals surface area contributed by atoms with Gasteiger partial charge in [0.1, 0.15) is 11.8 Å². The molecule has 0 fully saturated rings. The van der Waals surface area contributed by atoms with Gasteiger partial charge in [0.15, 0.2) is 5.65 Å². The summed E-state index contributed by atoms with van der Waals surface area (Å²) in [5.74, 6) is -0.245. The topological polar surface area (TPSA) is 85.3 Å². The van der Waals surface area contributed by atoms with Crippen molar-refractivity contribution in [3.05, 3.63) is 65.9 Å². The average molecular weight is 333 g/mol. The third kappa shape index (κ3) is 2.76. The van der Waals surface area contributed by atoms with Crippen molar-refractivity contribution in [1.82, 2.24) is 19.8 Å². The monoisotopic (exact) mass is 333 g/mol. The van der Waals surface area contributed by atoms with Gasteiger partial charge < -0.3 is 9.84 Å². The van der Waals surface area contributed by atoms with E-state index in [-0.39, 0.29) is 5.91 Å². The molecule has 1 N–H and O–H groups in total. The number of nitrogens with zero attached hydrogens (tertiary/aromatic N) is 4. The molecule has 7 nitrogen and oxygen atoms in total. The van der Waals surface area contributed by atoms with Crippen LogP contribution in [-0.2, 0) is 0 Å². The summed E-state index contributed by atoms with van der Waals surface area (Å²) in [7, 11) is 0. The summed E-state index contributed by atoms with van der Waals surface area (Å²) in [5, 5.41) is 10.8. The van der Waals surface area contributed by atoms with Crippen molar-refractivity contribution in [2.75, 3.05) is 5.32 Å². The number of rotatable bonds is 3. The lowest BCUT2D eigenvalue weighted by Gasteiger charge is -2.06. The molecule has 0 saturated heterocycles. The van der Waals surface area contributed by atoms with E-state index in [9.17, 15) is 4.79 Å². The first kappa shape index (κ1) is 15.1. The Morgan fingerprint density at radius 1 is 1.12 bits per heavy atom. The number of benzene rings is 1. The molecule has 0 atom stereocenters. The van der Waals surface area contributed by atoms with Gasteiger partial charge in [-0.15, -0.1) is 0 Å². The van der Waals surface area contributed by atoms with E-state index in [0.29, 0.717) is 16.9 Å². The zero-order valence-electron chi connectivity index (χ0n) is 13.7. The van der Waals surface area contributed by atoms with Crippen molar-refractivity contribution in [3.63, 3.8) is 0 Å². The minimum atomic E-state index is -0.245. The average Bonchev–Trinajstić information content (AvgIpc) is 3.25. The fourth-order valence-electron chi connectivity index (χ4n) is 2.72. The molecule has 0 unspecified atom stereocenters. The van der Waals surface area contributed by atoms with Gasteiger partial charge in [-0.2, -0.15) is 5.10 Å².